The molecule has 2 heterocycles. The molecule has 0 spiro atoms. The van der Waals surface area contributed by atoms with E-state index in [1.807, 2.05) is 0 Å². The standard InChI is InChI=1S/C13H20N8/c1-13(2)5-3-9(4-6-13)17-11-18-10(14)19-12(20-11)21-8-15-7-16-21/h7-9H,3-6H2,1-2H3,(H3,14,17,18,19,20). The topological polar surface area (TPSA) is 107 Å². The summed E-state index contributed by atoms with van der Waals surface area (Å²) in [4.78, 5) is 16.5. The average Bonchev–Trinajstić information content (AvgIpc) is 2.95. The summed E-state index contributed by atoms with van der Waals surface area (Å²) < 4.78 is 1.47. The molecule has 1 aliphatic rings. The summed E-state index contributed by atoms with van der Waals surface area (Å²) in [7, 11) is 0. The van der Waals surface area contributed by atoms with E-state index in [0.717, 1.165) is 12.8 Å². The smallest absolute Gasteiger partial charge is 0.258 e. The molecule has 1 fully saturated rings. The molecule has 0 amide bonds. The van der Waals surface area contributed by atoms with Gasteiger partial charge in [-0.25, -0.2) is 4.98 Å². The van der Waals surface area contributed by atoms with E-state index in [1.165, 1.54) is 30.2 Å². The lowest BCUT2D eigenvalue weighted by atomic mass is 9.76. The Morgan fingerprint density at radius 3 is 2.67 bits per heavy atom. The van der Waals surface area contributed by atoms with Gasteiger partial charge in [-0.1, -0.05) is 13.8 Å². The van der Waals surface area contributed by atoms with E-state index >= 15 is 0 Å². The Balaban J connectivity index is 1.74. The van der Waals surface area contributed by atoms with Crippen molar-refractivity contribution in [3.8, 4) is 5.95 Å². The lowest BCUT2D eigenvalue weighted by molar-refractivity contribution is 0.232. The van der Waals surface area contributed by atoms with Crippen LogP contribution in [0.4, 0.5) is 11.9 Å². The Bertz CT molecular complexity index is 597. The Morgan fingerprint density at radius 2 is 2.00 bits per heavy atom. The third-order valence-electron chi connectivity index (χ3n) is 3.94. The van der Waals surface area contributed by atoms with E-state index in [2.05, 4.69) is 44.2 Å². The van der Waals surface area contributed by atoms with Crippen LogP contribution in [0.15, 0.2) is 12.7 Å². The monoisotopic (exact) mass is 288 g/mol. The molecule has 0 aliphatic heterocycles. The first-order chi connectivity index (χ1) is 10.0. The molecular formula is C13H20N8. The Labute approximate surface area is 123 Å². The number of nitrogens with one attached hydrogen (secondary N) is 1. The fourth-order valence-corrected chi connectivity index (χ4v) is 2.59. The zero-order chi connectivity index (χ0) is 14.9. The first-order valence-corrected chi connectivity index (χ1v) is 7.15. The van der Waals surface area contributed by atoms with Crippen LogP contribution in [0.5, 0.6) is 0 Å². The van der Waals surface area contributed by atoms with E-state index in [9.17, 15) is 0 Å². The Morgan fingerprint density at radius 1 is 1.24 bits per heavy atom. The molecule has 21 heavy (non-hydrogen) atoms. The van der Waals surface area contributed by atoms with Crippen LogP contribution in [0.1, 0.15) is 39.5 Å². The van der Waals surface area contributed by atoms with Gasteiger partial charge in [-0.15, -0.1) is 0 Å². The maximum absolute atomic E-state index is 5.75. The highest BCUT2D eigenvalue weighted by Crippen LogP contribution is 2.35. The molecule has 2 aromatic rings. The van der Waals surface area contributed by atoms with Crippen molar-refractivity contribution >= 4 is 11.9 Å². The summed E-state index contributed by atoms with van der Waals surface area (Å²) in [5.74, 6) is 1.05. The fraction of sp³-hybridized carbons (Fsp3) is 0.615. The van der Waals surface area contributed by atoms with Crippen molar-refractivity contribution in [2.24, 2.45) is 5.41 Å². The van der Waals surface area contributed by atoms with Gasteiger partial charge in [0.1, 0.15) is 12.7 Å². The third kappa shape index (κ3) is 3.26. The van der Waals surface area contributed by atoms with Crippen molar-refractivity contribution in [2.75, 3.05) is 11.1 Å². The van der Waals surface area contributed by atoms with Crippen molar-refractivity contribution < 1.29 is 0 Å². The van der Waals surface area contributed by atoms with Crippen LogP contribution in [0.3, 0.4) is 0 Å². The summed E-state index contributed by atoms with van der Waals surface area (Å²) in [6.45, 7) is 4.62. The van der Waals surface area contributed by atoms with Gasteiger partial charge >= 0.3 is 0 Å². The van der Waals surface area contributed by atoms with Crippen molar-refractivity contribution in [1.29, 1.82) is 0 Å². The van der Waals surface area contributed by atoms with Gasteiger partial charge in [0.25, 0.3) is 5.95 Å². The van der Waals surface area contributed by atoms with Gasteiger partial charge in [0, 0.05) is 6.04 Å². The molecule has 8 nitrogen and oxygen atoms in total. The minimum absolute atomic E-state index is 0.175. The minimum Gasteiger partial charge on any atom is -0.368 e. The molecule has 1 saturated carbocycles. The molecule has 0 unspecified atom stereocenters. The van der Waals surface area contributed by atoms with E-state index in [0.29, 0.717) is 23.4 Å². The molecule has 0 bridgehead atoms. The Hall–Kier alpha value is -2.25. The van der Waals surface area contributed by atoms with Gasteiger partial charge in [-0.3, -0.25) is 0 Å². The minimum atomic E-state index is 0.175. The van der Waals surface area contributed by atoms with Gasteiger partial charge < -0.3 is 11.1 Å². The summed E-state index contributed by atoms with van der Waals surface area (Å²) in [5.41, 5.74) is 6.18. The first kappa shape index (κ1) is 13.7. The Kier molecular flexibility index (Phi) is 3.44. The molecule has 1 aliphatic carbocycles. The highest BCUT2D eigenvalue weighted by Gasteiger charge is 2.27. The molecular weight excluding hydrogens is 268 g/mol. The summed E-state index contributed by atoms with van der Waals surface area (Å²) in [5, 5.41) is 7.36. The highest BCUT2D eigenvalue weighted by atomic mass is 15.4. The van der Waals surface area contributed by atoms with E-state index in [-0.39, 0.29) is 5.95 Å². The third-order valence-corrected chi connectivity index (χ3v) is 3.94. The second-order valence-electron chi connectivity index (χ2n) is 6.24. The molecule has 112 valence electrons. The number of rotatable bonds is 3. The summed E-state index contributed by atoms with van der Waals surface area (Å²) in [6.07, 6.45) is 7.56. The predicted molar refractivity (Wildman–Crippen MR) is 78.8 cm³/mol. The molecule has 0 radical (unpaired) electrons. The lowest BCUT2D eigenvalue weighted by Crippen LogP contribution is -2.30. The molecule has 0 aromatic carbocycles. The van der Waals surface area contributed by atoms with E-state index in [1.54, 1.807) is 0 Å². The van der Waals surface area contributed by atoms with Crippen molar-refractivity contribution in [1.82, 2.24) is 29.7 Å². The quantitative estimate of drug-likeness (QED) is 0.879. The summed E-state index contributed by atoms with van der Waals surface area (Å²) >= 11 is 0. The van der Waals surface area contributed by atoms with Crippen LogP contribution in [0.2, 0.25) is 0 Å². The highest BCUT2D eigenvalue weighted by molar-refractivity contribution is 5.35. The maximum Gasteiger partial charge on any atom is 0.258 e. The second-order valence-corrected chi connectivity index (χ2v) is 6.24. The zero-order valence-corrected chi connectivity index (χ0v) is 12.3. The lowest BCUT2D eigenvalue weighted by Gasteiger charge is -2.34. The molecule has 2 aromatic heterocycles. The molecule has 3 N–H and O–H groups in total. The molecule has 0 saturated heterocycles. The predicted octanol–water partition coefficient (Wildman–Crippen LogP) is 1.42. The normalized spacial score (nSPS) is 18.6. The van der Waals surface area contributed by atoms with Crippen LogP contribution in [-0.2, 0) is 0 Å². The largest absolute Gasteiger partial charge is 0.368 e. The number of hydrogen-bond donors (Lipinski definition) is 2. The van der Waals surface area contributed by atoms with Gasteiger partial charge in [0.2, 0.25) is 11.9 Å². The van der Waals surface area contributed by atoms with Crippen molar-refractivity contribution in [2.45, 2.75) is 45.6 Å². The zero-order valence-electron chi connectivity index (χ0n) is 12.3. The van der Waals surface area contributed by atoms with Crippen molar-refractivity contribution in [3.63, 3.8) is 0 Å². The SMILES string of the molecule is CC1(C)CCC(Nc2nc(N)nc(-n3cncn3)n2)CC1. The number of aromatic nitrogens is 6. The average molecular weight is 288 g/mol. The van der Waals surface area contributed by atoms with Gasteiger partial charge in [-0.2, -0.15) is 24.7 Å². The number of nitrogens with zero attached hydrogens (tertiary/aromatic N) is 6. The first-order valence-electron chi connectivity index (χ1n) is 7.15. The van der Waals surface area contributed by atoms with Crippen LogP contribution >= 0.6 is 0 Å². The van der Waals surface area contributed by atoms with E-state index in [4.69, 9.17) is 5.73 Å². The number of anilines is 2. The fourth-order valence-electron chi connectivity index (χ4n) is 2.59. The molecule has 3 rings (SSSR count). The molecule has 8 heteroatoms. The van der Waals surface area contributed by atoms with Crippen LogP contribution < -0.4 is 11.1 Å². The van der Waals surface area contributed by atoms with E-state index < -0.39 is 0 Å². The number of nitrogen functional groups attached to an aromatic ring is 1. The van der Waals surface area contributed by atoms with Gasteiger partial charge in [0.15, 0.2) is 0 Å². The van der Waals surface area contributed by atoms with Crippen LogP contribution in [0, 0.1) is 5.41 Å². The van der Waals surface area contributed by atoms with Gasteiger partial charge in [-0.05, 0) is 31.1 Å². The number of nitrogens with two attached hydrogens (primary N) is 1. The maximum atomic E-state index is 5.75. The number of hydrogen-bond acceptors (Lipinski definition) is 7. The summed E-state index contributed by atoms with van der Waals surface area (Å²) in [6, 6.07) is 0.378. The van der Waals surface area contributed by atoms with Crippen LogP contribution in [0.25, 0.3) is 5.95 Å². The van der Waals surface area contributed by atoms with Crippen LogP contribution in [-0.4, -0.2) is 35.8 Å². The molecule has 0 atom stereocenters. The van der Waals surface area contributed by atoms with Gasteiger partial charge in [0.05, 0.1) is 0 Å². The second kappa shape index (κ2) is 5.27. The van der Waals surface area contributed by atoms with Crippen molar-refractivity contribution in [3.05, 3.63) is 12.7 Å².